The molecule has 150 valence electrons. The number of nitrogens with zero attached hydrogens (tertiary/aromatic N) is 2. The highest BCUT2D eigenvalue weighted by atomic mass is 32.2. The summed E-state index contributed by atoms with van der Waals surface area (Å²) in [5.41, 5.74) is 13.3. The Labute approximate surface area is 172 Å². The molecule has 0 saturated carbocycles. The van der Waals surface area contributed by atoms with Crippen molar-refractivity contribution in [1.29, 1.82) is 0 Å². The number of guanidine groups is 1. The molecular weight excluding hydrogens is 368 g/mol. The van der Waals surface area contributed by atoms with Crippen LogP contribution in [0.15, 0.2) is 57.2 Å². The molecule has 1 aliphatic rings. The van der Waals surface area contributed by atoms with Crippen molar-refractivity contribution in [3.63, 3.8) is 0 Å². The summed E-state index contributed by atoms with van der Waals surface area (Å²) in [6, 6.07) is 15.0. The van der Waals surface area contributed by atoms with Gasteiger partial charge in [-0.3, -0.25) is 4.99 Å². The topological polar surface area (TPSA) is 76.9 Å². The number of hydrogen-bond donors (Lipinski definition) is 2. The van der Waals surface area contributed by atoms with Crippen molar-refractivity contribution in [3.05, 3.63) is 42.5 Å². The van der Waals surface area contributed by atoms with Crippen molar-refractivity contribution in [2.24, 2.45) is 16.5 Å². The highest BCUT2D eigenvalue weighted by molar-refractivity contribution is 7.99. The lowest BCUT2D eigenvalue weighted by atomic mass is 10.2. The number of aliphatic imine (C=N–C) groups is 1. The van der Waals surface area contributed by atoms with Gasteiger partial charge in [0.2, 0.25) is 0 Å². The summed E-state index contributed by atoms with van der Waals surface area (Å²) in [5.74, 6) is 1.11. The molecule has 0 spiro atoms. The van der Waals surface area contributed by atoms with E-state index < -0.39 is 0 Å². The Bertz CT molecular complexity index is 805. The first kappa shape index (κ1) is 20.4. The molecule has 5 nitrogen and oxygen atoms in total. The minimum absolute atomic E-state index is 0.162. The molecular formula is C22H30N4OS. The summed E-state index contributed by atoms with van der Waals surface area (Å²) >= 11 is 1.82. The standard InChI is InChI=1S/C22H30N4OS/c1-2-3-8-15-27-17-11-12-21-19(16-17)26(14-7-6-13-25-22(23)24)18-9-4-5-10-20(18)28-21/h4-5,9-12,16H,2-3,6-8,13-15H2,1H3,(H4,23,24,25). The molecule has 4 N–H and O–H groups in total. The lowest BCUT2D eigenvalue weighted by Crippen LogP contribution is -2.24. The van der Waals surface area contributed by atoms with Crippen LogP contribution in [0.1, 0.15) is 39.0 Å². The number of para-hydroxylation sites is 1. The summed E-state index contributed by atoms with van der Waals surface area (Å²) < 4.78 is 6.00. The van der Waals surface area contributed by atoms with Crippen molar-refractivity contribution in [2.45, 2.75) is 48.8 Å². The van der Waals surface area contributed by atoms with Gasteiger partial charge in [-0.15, -0.1) is 0 Å². The minimum Gasteiger partial charge on any atom is -0.494 e. The molecule has 2 aromatic carbocycles. The van der Waals surface area contributed by atoms with Gasteiger partial charge in [-0.1, -0.05) is 43.7 Å². The maximum absolute atomic E-state index is 6.00. The number of hydrogen-bond acceptors (Lipinski definition) is 4. The van der Waals surface area contributed by atoms with E-state index in [1.54, 1.807) is 0 Å². The molecule has 2 aromatic rings. The van der Waals surface area contributed by atoms with Crippen LogP contribution in [0.5, 0.6) is 5.75 Å². The van der Waals surface area contributed by atoms with E-state index in [-0.39, 0.29) is 5.96 Å². The van der Waals surface area contributed by atoms with E-state index in [1.807, 2.05) is 11.8 Å². The molecule has 0 amide bonds. The third-order valence-corrected chi connectivity index (χ3v) is 5.83. The fraction of sp³-hybridized carbons (Fsp3) is 0.409. The van der Waals surface area contributed by atoms with Crippen LogP contribution in [0.4, 0.5) is 11.4 Å². The van der Waals surface area contributed by atoms with Gasteiger partial charge >= 0.3 is 0 Å². The number of benzene rings is 2. The van der Waals surface area contributed by atoms with Crippen molar-refractivity contribution in [2.75, 3.05) is 24.6 Å². The van der Waals surface area contributed by atoms with E-state index in [9.17, 15) is 0 Å². The second kappa shape index (κ2) is 10.3. The van der Waals surface area contributed by atoms with Crippen LogP contribution < -0.4 is 21.1 Å². The van der Waals surface area contributed by atoms with Crippen LogP contribution in [-0.4, -0.2) is 25.7 Å². The predicted octanol–water partition coefficient (Wildman–Crippen LogP) is 4.91. The number of rotatable bonds is 10. The van der Waals surface area contributed by atoms with Gasteiger partial charge in [-0.25, -0.2) is 0 Å². The molecule has 0 saturated heterocycles. The van der Waals surface area contributed by atoms with Gasteiger partial charge < -0.3 is 21.1 Å². The zero-order valence-corrected chi connectivity index (χ0v) is 17.4. The summed E-state index contributed by atoms with van der Waals surface area (Å²) in [7, 11) is 0. The maximum atomic E-state index is 6.00. The van der Waals surface area contributed by atoms with E-state index in [2.05, 4.69) is 59.3 Å². The first-order valence-electron chi connectivity index (χ1n) is 10.1. The third-order valence-electron chi connectivity index (χ3n) is 4.70. The van der Waals surface area contributed by atoms with Gasteiger partial charge in [-0.05, 0) is 43.5 Å². The Balaban J connectivity index is 1.74. The molecule has 0 atom stereocenters. The van der Waals surface area contributed by atoms with Gasteiger partial charge in [0.15, 0.2) is 5.96 Å². The van der Waals surface area contributed by atoms with E-state index in [4.69, 9.17) is 16.2 Å². The molecule has 3 rings (SSSR count). The maximum Gasteiger partial charge on any atom is 0.185 e. The average molecular weight is 399 g/mol. The zero-order chi connectivity index (χ0) is 19.8. The number of unbranched alkanes of at least 4 members (excludes halogenated alkanes) is 3. The molecule has 28 heavy (non-hydrogen) atoms. The second-order valence-electron chi connectivity index (χ2n) is 6.92. The molecule has 0 aliphatic carbocycles. The smallest absolute Gasteiger partial charge is 0.185 e. The van der Waals surface area contributed by atoms with E-state index in [1.165, 1.54) is 34.0 Å². The average Bonchev–Trinajstić information content (AvgIpc) is 2.70. The molecule has 0 fully saturated rings. The van der Waals surface area contributed by atoms with E-state index >= 15 is 0 Å². The summed E-state index contributed by atoms with van der Waals surface area (Å²) in [4.78, 5) is 9.04. The van der Waals surface area contributed by atoms with Gasteiger partial charge in [0.1, 0.15) is 5.75 Å². The minimum atomic E-state index is 0.162. The quantitative estimate of drug-likeness (QED) is 0.338. The third kappa shape index (κ3) is 5.35. The first-order valence-corrected chi connectivity index (χ1v) is 10.9. The molecule has 6 heteroatoms. The van der Waals surface area contributed by atoms with Gasteiger partial charge in [-0.2, -0.15) is 0 Å². The van der Waals surface area contributed by atoms with Crippen LogP contribution in [0, 0.1) is 0 Å². The summed E-state index contributed by atoms with van der Waals surface area (Å²) in [6.07, 6.45) is 5.47. The number of anilines is 2. The SMILES string of the molecule is CCCCCOc1ccc2c(c1)N(CCCCN=C(N)N)c1ccccc1S2. The number of fused-ring (bicyclic) bond motifs is 2. The highest BCUT2D eigenvalue weighted by Gasteiger charge is 2.23. The normalized spacial score (nSPS) is 12.2. The predicted molar refractivity (Wildman–Crippen MR) is 119 cm³/mol. The molecule has 0 unspecified atom stereocenters. The van der Waals surface area contributed by atoms with Crippen molar-refractivity contribution in [3.8, 4) is 5.75 Å². The van der Waals surface area contributed by atoms with Crippen LogP contribution in [0.25, 0.3) is 0 Å². The second-order valence-corrected chi connectivity index (χ2v) is 8.00. The largest absolute Gasteiger partial charge is 0.494 e. The molecule has 1 aliphatic heterocycles. The fourth-order valence-electron chi connectivity index (χ4n) is 3.27. The van der Waals surface area contributed by atoms with Crippen molar-refractivity contribution in [1.82, 2.24) is 0 Å². The fourth-order valence-corrected chi connectivity index (χ4v) is 4.35. The van der Waals surface area contributed by atoms with Gasteiger partial charge in [0, 0.05) is 28.9 Å². The Morgan fingerprint density at radius 2 is 1.82 bits per heavy atom. The molecule has 0 aromatic heterocycles. The Morgan fingerprint density at radius 1 is 1.00 bits per heavy atom. The summed E-state index contributed by atoms with van der Waals surface area (Å²) in [5, 5.41) is 0. The zero-order valence-electron chi connectivity index (χ0n) is 16.6. The summed E-state index contributed by atoms with van der Waals surface area (Å²) in [6.45, 7) is 4.57. The molecule has 1 heterocycles. The van der Waals surface area contributed by atoms with Crippen molar-refractivity contribution < 1.29 is 4.74 Å². The van der Waals surface area contributed by atoms with Gasteiger partial charge in [0.05, 0.1) is 18.0 Å². The Morgan fingerprint density at radius 3 is 2.64 bits per heavy atom. The molecule has 0 bridgehead atoms. The van der Waals surface area contributed by atoms with Crippen LogP contribution in [0.3, 0.4) is 0 Å². The van der Waals surface area contributed by atoms with Crippen molar-refractivity contribution >= 4 is 29.1 Å². The van der Waals surface area contributed by atoms with E-state index in [0.29, 0.717) is 6.54 Å². The van der Waals surface area contributed by atoms with Crippen LogP contribution in [-0.2, 0) is 0 Å². The Kier molecular flexibility index (Phi) is 7.48. The number of ether oxygens (including phenoxy) is 1. The first-order chi connectivity index (χ1) is 13.7. The lowest BCUT2D eigenvalue weighted by molar-refractivity contribution is 0.306. The molecule has 0 radical (unpaired) electrons. The monoisotopic (exact) mass is 398 g/mol. The highest BCUT2D eigenvalue weighted by Crippen LogP contribution is 2.49. The van der Waals surface area contributed by atoms with Crippen LogP contribution in [0.2, 0.25) is 0 Å². The Hall–Kier alpha value is -2.34. The van der Waals surface area contributed by atoms with Gasteiger partial charge in [0.25, 0.3) is 0 Å². The lowest BCUT2D eigenvalue weighted by Gasteiger charge is -2.33. The van der Waals surface area contributed by atoms with Crippen LogP contribution >= 0.6 is 11.8 Å². The number of nitrogens with two attached hydrogens (primary N) is 2. The van der Waals surface area contributed by atoms with E-state index in [0.717, 1.165) is 38.2 Å².